The van der Waals surface area contributed by atoms with Crippen molar-refractivity contribution in [3.63, 3.8) is 0 Å². The number of aliphatic imine (C=N–C) groups is 1. The van der Waals surface area contributed by atoms with Gasteiger partial charge in [-0.25, -0.2) is 14.4 Å². The van der Waals surface area contributed by atoms with Gasteiger partial charge in [-0.3, -0.25) is 0 Å². The lowest BCUT2D eigenvalue weighted by Crippen LogP contribution is -2.46. The number of rotatable bonds is 7. The van der Waals surface area contributed by atoms with Crippen LogP contribution in [0.15, 0.2) is 47.6 Å². The number of nitrogens with zero attached hydrogens (tertiary/aromatic N) is 4. The fourth-order valence-corrected chi connectivity index (χ4v) is 3.09. The van der Waals surface area contributed by atoms with Crippen LogP contribution in [0.1, 0.15) is 5.56 Å². The second kappa shape index (κ2) is 9.89. The number of pyridine rings is 1. The zero-order chi connectivity index (χ0) is 19.8. The zero-order valence-corrected chi connectivity index (χ0v) is 16.1. The highest BCUT2D eigenvalue weighted by Crippen LogP contribution is 2.20. The van der Waals surface area contributed by atoms with Gasteiger partial charge in [-0.1, -0.05) is 0 Å². The summed E-state index contributed by atoms with van der Waals surface area (Å²) in [5.41, 5.74) is 7.96. The number of halogens is 1. The average Bonchev–Trinajstić information content (AvgIpc) is 2.73. The number of nitrogens with two attached hydrogens (primary N) is 1. The lowest BCUT2D eigenvalue weighted by molar-refractivity contribution is 0.204. The summed E-state index contributed by atoms with van der Waals surface area (Å²) in [6, 6.07) is 10.7. The molecule has 0 saturated carbocycles. The summed E-state index contributed by atoms with van der Waals surface area (Å²) in [5.74, 6) is 1.14. The van der Waals surface area contributed by atoms with Crippen LogP contribution in [0.5, 0.6) is 0 Å². The third kappa shape index (κ3) is 5.56. The second-order valence-electron chi connectivity index (χ2n) is 6.59. The lowest BCUT2D eigenvalue weighted by atomic mass is 10.2. The number of methoxy groups -OCH3 is 1. The van der Waals surface area contributed by atoms with Crippen molar-refractivity contribution in [2.24, 2.45) is 10.7 Å². The largest absolute Gasteiger partial charge is 0.383 e. The molecule has 0 amide bonds. The molecule has 0 radical (unpaired) electrons. The first kappa shape index (κ1) is 19.9. The quantitative estimate of drug-likeness (QED) is 0.428. The molecule has 2 aromatic rings. The summed E-state index contributed by atoms with van der Waals surface area (Å²) < 4.78 is 18.1. The molecule has 1 aromatic heterocycles. The fourth-order valence-electron chi connectivity index (χ4n) is 3.09. The average molecular weight is 386 g/mol. The molecule has 0 spiro atoms. The van der Waals surface area contributed by atoms with E-state index in [1.165, 1.54) is 12.1 Å². The molecule has 1 saturated heterocycles. The van der Waals surface area contributed by atoms with Gasteiger partial charge in [0.15, 0.2) is 5.96 Å². The molecule has 2 heterocycles. The Morgan fingerprint density at radius 1 is 1.18 bits per heavy atom. The Morgan fingerprint density at radius 2 is 1.89 bits per heavy atom. The molecular weight excluding hydrogens is 359 g/mol. The molecule has 28 heavy (non-hydrogen) atoms. The fraction of sp³-hybridized carbons (Fsp3) is 0.400. The summed E-state index contributed by atoms with van der Waals surface area (Å²) in [6.07, 6.45) is 1.81. The minimum Gasteiger partial charge on any atom is -0.383 e. The molecule has 150 valence electrons. The monoisotopic (exact) mass is 386 g/mol. The molecule has 0 atom stereocenters. The predicted molar refractivity (Wildman–Crippen MR) is 110 cm³/mol. The lowest BCUT2D eigenvalue weighted by Gasteiger charge is -2.36. The smallest absolute Gasteiger partial charge is 0.188 e. The Morgan fingerprint density at radius 3 is 2.61 bits per heavy atom. The predicted octanol–water partition coefficient (Wildman–Crippen LogP) is 1.60. The first-order valence-electron chi connectivity index (χ1n) is 9.39. The Hall–Kier alpha value is -2.87. The highest BCUT2D eigenvalue weighted by Gasteiger charge is 2.18. The number of anilines is 2. The summed E-state index contributed by atoms with van der Waals surface area (Å²) in [6.45, 7) is 5.16. The number of guanidine groups is 1. The minimum absolute atomic E-state index is 0.208. The summed E-state index contributed by atoms with van der Waals surface area (Å²) in [7, 11) is 1.65. The molecule has 0 unspecified atom stereocenters. The molecule has 3 rings (SSSR count). The number of piperazine rings is 1. The van der Waals surface area contributed by atoms with E-state index in [2.05, 4.69) is 31.2 Å². The van der Waals surface area contributed by atoms with E-state index in [0.29, 0.717) is 25.7 Å². The van der Waals surface area contributed by atoms with Gasteiger partial charge in [0.05, 0.1) is 13.2 Å². The van der Waals surface area contributed by atoms with Crippen LogP contribution in [0.4, 0.5) is 15.9 Å². The molecule has 1 aliphatic rings. The first-order chi connectivity index (χ1) is 13.7. The topological polar surface area (TPSA) is 79.0 Å². The van der Waals surface area contributed by atoms with Gasteiger partial charge in [-0.05, 0) is 42.0 Å². The van der Waals surface area contributed by atoms with E-state index >= 15 is 0 Å². The second-order valence-corrected chi connectivity index (χ2v) is 6.59. The van der Waals surface area contributed by atoms with E-state index < -0.39 is 0 Å². The van der Waals surface area contributed by atoms with E-state index in [-0.39, 0.29) is 5.82 Å². The maximum Gasteiger partial charge on any atom is 0.188 e. The Labute approximate surface area is 165 Å². The summed E-state index contributed by atoms with van der Waals surface area (Å²) >= 11 is 0. The van der Waals surface area contributed by atoms with Crippen LogP contribution < -0.4 is 20.9 Å². The van der Waals surface area contributed by atoms with Gasteiger partial charge < -0.3 is 25.6 Å². The van der Waals surface area contributed by atoms with Crippen LogP contribution in [-0.4, -0.2) is 57.4 Å². The van der Waals surface area contributed by atoms with E-state index in [0.717, 1.165) is 43.2 Å². The third-order valence-electron chi connectivity index (χ3n) is 4.65. The summed E-state index contributed by atoms with van der Waals surface area (Å²) in [5, 5.41) is 3.00. The van der Waals surface area contributed by atoms with E-state index in [1.54, 1.807) is 13.3 Å². The van der Waals surface area contributed by atoms with Crippen LogP contribution >= 0.6 is 0 Å². The van der Waals surface area contributed by atoms with Crippen LogP contribution in [0.25, 0.3) is 0 Å². The number of aromatic nitrogens is 1. The minimum atomic E-state index is -0.208. The number of hydrogen-bond acceptors (Lipinski definition) is 5. The van der Waals surface area contributed by atoms with Crippen molar-refractivity contribution in [2.45, 2.75) is 6.54 Å². The van der Waals surface area contributed by atoms with Gasteiger partial charge in [0.2, 0.25) is 0 Å². The van der Waals surface area contributed by atoms with Crippen LogP contribution in [-0.2, 0) is 11.3 Å². The Balaban J connectivity index is 1.54. The van der Waals surface area contributed by atoms with Gasteiger partial charge in [-0.15, -0.1) is 0 Å². The van der Waals surface area contributed by atoms with E-state index in [9.17, 15) is 4.39 Å². The normalized spacial score (nSPS) is 15.0. The molecular formula is C20H27FN6O. The van der Waals surface area contributed by atoms with Crippen molar-refractivity contribution in [2.75, 3.05) is 56.2 Å². The van der Waals surface area contributed by atoms with Crippen molar-refractivity contribution in [1.29, 1.82) is 0 Å². The third-order valence-corrected chi connectivity index (χ3v) is 4.65. The van der Waals surface area contributed by atoms with Gasteiger partial charge in [0.1, 0.15) is 11.6 Å². The summed E-state index contributed by atoms with van der Waals surface area (Å²) in [4.78, 5) is 13.4. The van der Waals surface area contributed by atoms with Crippen molar-refractivity contribution >= 4 is 17.5 Å². The van der Waals surface area contributed by atoms with Crippen molar-refractivity contribution in [1.82, 2.24) is 10.3 Å². The van der Waals surface area contributed by atoms with E-state index in [1.807, 2.05) is 18.2 Å². The molecule has 1 aliphatic heterocycles. The standard InChI is InChI=1S/C20H27FN6O/c1-28-13-8-24-20(22)25-15-16-6-7-23-19(14-16)27-11-9-26(10-12-27)18-4-2-17(21)3-5-18/h2-7,14H,8-13,15H2,1H3,(H3,22,24,25). The number of benzene rings is 1. The Bertz CT molecular complexity index is 775. The van der Waals surface area contributed by atoms with E-state index in [4.69, 9.17) is 10.5 Å². The maximum absolute atomic E-state index is 13.1. The van der Waals surface area contributed by atoms with Crippen LogP contribution in [0.3, 0.4) is 0 Å². The molecule has 0 aliphatic carbocycles. The van der Waals surface area contributed by atoms with Gasteiger partial charge in [0, 0.05) is 51.7 Å². The highest BCUT2D eigenvalue weighted by atomic mass is 19.1. The molecule has 7 nitrogen and oxygen atoms in total. The number of hydrogen-bond donors (Lipinski definition) is 2. The highest BCUT2D eigenvalue weighted by molar-refractivity contribution is 5.77. The van der Waals surface area contributed by atoms with Crippen molar-refractivity contribution in [3.8, 4) is 0 Å². The molecule has 1 aromatic carbocycles. The number of ether oxygens (including phenoxy) is 1. The maximum atomic E-state index is 13.1. The van der Waals surface area contributed by atoms with Gasteiger partial charge in [-0.2, -0.15) is 0 Å². The molecule has 1 fully saturated rings. The van der Waals surface area contributed by atoms with Crippen molar-refractivity contribution < 1.29 is 9.13 Å². The first-order valence-corrected chi connectivity index (χ1v) is 9.39. The van der Waals surface area contributed by atoms with Crippen LogP contribution in [0.2, 0.25) is 0 Å². The van der Waals surface area contributed by atoms with Crippen LogP contribution in [0, 0.1) is 5.82 Å². The Kier molecular flexibility index (Phi) is 7.02. The number of nitrogens with one attached hydrogen (secondary N) is 1. The van der Waals surface area contributed by atoms with Gasteiger partial charge >= 0.3 is 0 Å². The molecule has 3 N–H and O–H groups in total. The van der Waals surface area contributed by atoms with Crippen molar-refractivity contribution in [3.05, 3.63) is 54.0 Å². The SMILES string of the molecule is COCCNC(N)=NCc1ccnc(N2CCN(c3ccc(F)cc3)CC2)c1. The molecule has 8 heteroatoms. The van der Waals surface area contributed by atoms with Gasteiger partial charge in [0.25, 0.3) is 0 Å². The zero-order valence-electron chi connectivity index (χ0n) is 16.1. The molecule has 0 bridgehead atoms.